The number of aromatic nitrogens is 3. The number of hydrogen-bond donors (Lipinski definition) is 1. The predicted octanol–water partition coefficient (Wildman–Crippen LogP) is 4.20. The van der Waals surface area contributed by atoms with Gasteiger partial charge in [-0.05, 0) is 50.1 Å². The van der Waals surface area contributed by atoms with Crippen LogP contribution in [0.1, 0.15) is 66.2 Å². The van der Waals surface area contributed by atoms with Crippen molar-refractivity contribution in [3.63, 3.8) is 0 Å². The Morgan fingerprint density at radius 2 is 1.75 bits per heavy atom. The lowest BCUT2D eigenvalue weighted by Gasteiger charge is -2.59. The zero-order valence-electron chi connectivity index (χ0n) is 19.0. The number of amides is 2. The highest BCUT2D eigenvalue weighted by Gasteiger charge is 2.56. The molecule has 0 radical (unpaired) electrons. The van der Waals surface area contributed by atoms with Gasteiger partial charge in [-0.25, -0.2) is 9.78 Å². The molecule has 32 heavy (non-hydrogen) atoms. The van der Waals surface area contributed by atoms with Gasteiger partial charge in [-0.2, -0.15) is 5.10 Å². The van der Waals surface area contributed by atoms with E-state index in [2.05, 4.69) is 34.5 Å². The minimum absolute atomic E-state index is 0.193. The fraction of sp³-hybridized carbons (Fsp3) is 0.625. The molecule has 170 valence electrons. The highest BCUT2D eigenvalue weighted by atomic mass is 31.2. The van der Waals surface area contributed by atoms with E-state index in [9.17, 15) is 9.36 Å². The smallest absolute Gasteiger partial charge is 0.320 e. The first-order valence-electron chi connectivity index (χ1n) is 11.9. The van der Waals surface area contributed by atoms with Crippen molar-refractivity contribution in [2.24, 2.45) is 5.41 Å². The Balaban J connectivity index is 0.960. The second-order valence-corrected chi connectivity index (χ2v) is 14.6. The molecule has 2 amide bonds. The van der Waals surface area contributed by atoms with Crippen LogP contribution in [0.5, 0.6) is 0 Å². The molecule has 2 aliphatic heterocycles. The number of benzene rings is 1. The van der Waals surface area contributed by atoms with E-state index in [0.29, 0.717) is 29.3 Å². The number of nitrogens with zero attached hydrogens (tertiary/aromatic N) is 4. The van der Waals surface area contributed by atoms with Gasteiger partial charge in [-0.1, -0.05) is 24.3 Å². The van der Waals surface area contributed by atoms with Gasteiger partial charge in [-0.15, -0.1) is 0 Å². The number of rotatable bonds is 5. The van der Waals surface area contributed by atoms with Crippen LogP contribution in [-0.4, -0.2) is 70.5 Å². The van der Waals surface area contributed by atoms with E-state index in [0.717, 1.165) is 56.2 Å². The highest BCUT2D eigenvalue weighted by Crippen LogP contribution is 2.56. The molecule has 1 spiro atoms. The summed E-state index contributed by atoms with van der Waals surface area (Å²) in [5, 5.41) is 7.57. The van der Waals surface area contributed by atoms with E-state index < -0.39 is 7.14 Å². The van der Waals surface area contributed by atoms with Gasteiger partial charge < -0.3 is 14.4 Å². The molecule has 2 aromatic rings. The van der Waals surface area contributed by atoms with Gasteiger partial charge in [-0.3, -0.25) is 5.10 Å². The van der Waals surface area contributed by atoms with E-state index in [1.165, 1.54) is 18.4 Å². The van der Waals surface area contributed by atoms with Crippen LogP contribution in [-0.2, 0) is 10.7 Å². The molecule has 7 nitrogen and oxygen atoms in total. The van der Waals surface area contributed by atoms with Gasteiger partial charge in [0.2, 0.25) is 0 Å². The van der Waals surface area contributed by atoms with Crippen LogP contribution in [0.25, 0.3) is 0 Å². The summed E-state index contributed by atoms with van der Waals surface area (Å²) in [7, 11) is -2.05. The minimum Gasteiger partial charge on any atom is -0.324 e. The number of carbonyl (C=O) groups excluding carboxylic acids is 1. The molecule has 6 rings (SSSR count). The summed E-state index contributed by atoms with van der Waals surface area (Å²) >= 11 is 0. The second kappa shape index (κ2) is 7.18. The molecule has 0 bridgehead atoms. The van der Waals surface area contributed by atoms with Crippen LogP contribution < -0.4 is 0 Å². The van der Waals surface area contributed by atoms with Crippen LogP contribution in [0.15, 0.2) is 24.3 Å². The van der Waals surface area contributed by atoms with Crippen molar-refractivity contribution >= 4 is 13.2 Å². The van der Waals surface area contributed by atoms with Crippen molar-refractivity contribution in [1.82, 2.24) is 25.0 Å². The van der Waals surface area contributed by atoms with Crippen LogP contribution in [0.2, 0.25) is 0 Å². The molecule has 8 heteroatoms. The van der Waals surface area contributed by atoms with E-state index >= 15 is 0 Å². The summed E-state index contributed by atoms with van der Waals surface area (Å²) in [6.45, 7) is 7.02. The normalized spacial score (nSPS) is 23.1. The lowest BCUT2D eigenvalue weighted by Crippen LogP contribution is -2.67. The lowest BCUT2D eigenvalue weighted by atomic mass is 9.57. The summed E-state index contributed by atoms with van der Waals surface area (Å²) in [5.74, 6) is 3.55. The van der Waals surface area contributed by atoms with E-state index in [1.807, 2.05) is 23.1 Å². The third kappa shape index (κ3) is 3.79. The molecule has 3 heterocycles. The van der Waals surface area contributed by atoms with Crippen LogP contribution in [0.3, 0.4) is 0 Å². The Hall–Kier alpha value is -2.14. The Morgan fingerprint density at radius 3 is 2.38 bits per heavy atom. The van der Waals surface area contributed by atoms with Crippen LogP contribution in [0, 0.1) is 5.41 Å². The van der Waals surface area contributed by atoms with Crippen molar-refractivity contribution in [2.45, 2.75) is 49.6 Å². The van der Waals surface area contributed by atoms with Crippen molar-refractivity contribution < 1.29 is 9.36 Å². The van der Waals surface area contributed by atoms with Gasteiger partial charge in [0, 0.05) is 55.5 Å². The molecule has 4 fully saturated rings. The standard InChI is InChI=1S/C24H32N5O2P/c1-32(2,31)13-16-3-5-17(6-4-16)20-11-28(12-20)23(30)29-14-24(15-29)9-19(10-24)22-25-21(26-27-22)18-7-8-18/h3-6,18-20H,7-15H2,1-2H3,(H,25,26,27). The van der Waals surface area contributed by atoms with Gasteiger partial charge in [0.15, 0.2) is 5.82 Å². The number of H-pyrrole nitrogens is 1. The number of likely N-dealkylation sites (tertiary alicyclic amines) is 2. The molecule has 2 saturated heterocycles. The number of aromatic amines is 1. The predicted molar refractivity (Wildman–Crippen MR) is 124 cm³/mol. The number of urea groups is 1. The second-order valence-electron chi connectivity index (χ2n) is 11.2. The summed E-state index contributed by atoms with van der Waals surface area (Å²) in [4.78, 5) is 21.6. The SMILES string of the molecule is CP(C)(=O)Cc1ccc(C2CN(C(=O)N3CC4(CC(c5n[nH]c(C6CC6)n5)C4)C3)C2)cc1. The molecule has 1 N–H and O–H groups in total. The fourth-order valence-electron chi connectivity index (χ4n) is 5.72. The first-order valence-corrected chi connectivity index (χ1v) is 14.6. The van der Waals surface area contributed by atoms with Gasteiger partial charge in [0.1, 0.15) is 5.82 Å². The molecule has 1 aromatic heterocycles. The van der Waals surface area contributed by atoms with Crippen molar-refractivity contribution in [2.75, 3.05) is 39.5 Å². The number of nitrogens with one attached hydrogen (secondary N) is 1. The topological polar surface area (TPSA) is 82.2 Å². The molecule has 0 atom stereocenters. The molecule has 1 aromatic carbocycles. The van der Waals surface area contributed by atoms with Crippen LogP contribution in [0.4, 0.5) is 4.79 Å². The maximum atomic E-state index is 12.9. The summed E-state index contributed by atoms with van der Waals surface area (Å²) < 4.78 is 12.0. The highest BCUT2D eigenvalue weighted by molar-refractivity contribution is 7.61. The maximum Gasteiger partial charge on any atom is 0.320 e. The summed E-state index contributed by atoms with van der Waals surface area (Å²) in [6.07, 6.45) is 5.35. The minimum atomic E-state index is -2.05. The van der Waals surface area contributed by atoms with Crippen LogP contribution >= 0.6 is 7.14 Å². The third-order valence-electron chi connectivity index (χ3n) is 7.70. The average molecular weight is 454 g/mol. The molecule has 0 unspecified atom stereocenters. The Bertz CT molecular complexity index is 1070. The van der Waals surface area contributed by atoms with Gasteiger partial charge in [0.05, 0.1) is 7.14 Å². The summed E-state index contributed by atoms with van der Waals surface area (Å²) in [5.41, 5.74) is 2.71. The molecule has 2 aliphatic carbocycles. The third-order valence-corrected chi connectivity index (χ3v) is 8.82. The van der Waals surface area contributed by atoms with Crippen molar-refractivity contribution in [3.8, 4) is 0 Å². The molecule has 4 aliphatic rings. The number of carbonyl (C=O) groups is 1. The van der Waals surface area contributed by atoms with E-state index in [4.69, 9.17) is 4.98 Å². The molecular weight excluding hydrogens is 421 g/mol. The quantitative estimate of drug-likeness (QED) is 0.688. The van der Waals surface area contributed by atoms with E-state index in [-0.39, 0.29) is 6.03 Å². The molecule has 2 saturated carbocycles. The number of hydrogen-bond acceptors (Lipinski definition) is 4. The first kappa shape index (κ1) is 20.5. The zero-order chi connectivity index (χ0) is 22.1. The lowest BCUT2D eigenvalue weighted by molar-refractivity contribution is -0.0601. The average Bonchev–Trinajstić information content (AvgIpc) is 3.37. The maximum absolute atomic E-state index is 12.9. The van der Waals surface area contributed by atoms with Crippen molar-refractivity contribution in [1.29, 1.82) is 0 Å². The Kier molecular flexibility index (Phi) is 4.59. The van der Waals surface area contributed by atoms with Gasteiger partial charge >= 0.3 is 6.03 Å². The Labute approximate surface area is 189 Å². The first-order chi connectivity index (χ1) is 15.3. The summed E-state index contributed by atoms with van der Waals surface area (Å²) in [6, 6.07) is 8.66. The zero-order valence-corrected chi connectivity index (χ0v) is 19.9. The Morgan fingerprint density at radius 1 is 1.06 bits per heavy atom. The monoisotopic (exact) mass is 453 g/mol. The fourth-order valence-corrected chi connectivity index (χ4v) is 6.81. The van der Waals surface area contributed by atoms with E-state index in [1.54, 1.807) is 0 Å². The van der Waals surface area contributed by atoms with Gasteiger partial charge in [0.25, 0.3) is 0 Å². The largest absolute Gasteiger partial charge is 0.324 e. The molecular formula is C24H32N5O2P. The van der Waals surface area contributed by atoms with Crippen molar-refractivity contribution in [3.05, 3.63) is 47.0 Å².